The lowest BCUT2D eigenvalue weighted by atomic mass is 9.94. The molecular weight excluding hydrogens is 279 g/mol. The lowest BCUT2D eigenvalue weighted by Gasteiger charge is -2.19. The van der Waals surface area contributed by atoms with E-state index < -0.39 is 22.9 Å². The fourth-order valence-electron chi connectivity index (χ4n) is 1.84. The highest BCUT2D eigenvalue weighted by Crippen LogP contribution is 2.31. The summed E-state index contributed by atoms with van der Waals surface area (Å²) < 4.78 is 40.4. The number of nitrogens with zero attached hydrogens (tertiary/aromatic N) is 2. The quantitative estimate of drug-likeness (QED) is 0.815. The van der Waals surface area contributed by atoms with Crippen molar-refractivity contribution in [3.8, 4) is 11.3 Å². The van der Waals surface area contributed by atoms with Gasteiger partial charge in [0.2, 0.25) is 0 Å². The minimum Gasteiger partial charge on any atom is -0.383 e. The molecule has 1 aromatic carbocycles. The van der Waals surface area contributed by atoms with Crippen molar-refractivity contribution in [3.05, 3.63) is 41.0 Å². The molecule has 0 aliphatic carbocycles. The van der Waals surface area contributed by atoms with Gasteiger partial charge in [0.15, 0.2) is 17.5 Å². The fraction of sp³-hybridized carbons (Fsp3) is 0.333. The molecule has 0 saturated heterocycles. The van der Waals surface area contributed by atoms with Crippen LogP contribution in [0.15, 0.2) is 12.1 Å². The average Bonchev–Trinajstić information content (AvgIpc) is 2.39. The number of benzene rings is 1. The van der Waals surface area contributed by atoms with Crippen molar-refractivity contribution in [2.75, 3.05) is 5.73 Å². The molecule has 2 aromatic rings. The van der Waals surface area contributed by atoms with E-state index in [1.165, 1.54) is 0 Å². The van der Waals surface area contributed by atoms with Crippen LogP contribution in [-0.2, 0) is 5.41 Å². The van der Waals surface area contributed by atoms with Gasteiger partial charge in [0.1, 0.15) is 11.6 Å². The van der Waals surface area contributed by atoms with Gasteiger partial charge in [-0.15, -0.1) is 0 Å². The first-order valence-electron chi connectivity index (χ1n) is 6.41. The largest absolute Gasteiger partial charge is 0.383 e. The molecule has 2 rings (SSSR count). The molecule has 0 aliphatic rings. The van der Waals surface area contributed by atoms with Crippen LogP contribution in [0.25, 0.3) is 11.3 Å². The van der Waals surface area contributed by atoms with Crippen molar-refractivity contribution in [1.82, 2.24) is 9.97 Å². The Bertz CT molecular complexity index is 706. The topological polar surface area (TPSA) is 51.8 Å². The maximum Gasteiger partial charge on any atom is 0.195 e. The summed E-state index contributed by atoms with van der Waals surface area (Å²) in [7, 11) is 0. The van der Waals surface area contributed by atoms with E-state index in [1.807, 2.05) is 20.8 Å². The molecule has 0 amide bonds. The van der Waals surface area contributed by atoms with Gasteiger partial charge < -0.3 is 5.73 Å². The van der Waals surface area contributed by atoms with Crippen molar-refractivity contribution in [2.24, 2.45) is 0 Å². The van der Waals surface area contributed by atoms with Gasteiger partial charge in [0, 0.05) is 16.5 Å². The zero-order valence-corrected chi connectivity index (χ0v) is 12.3. The Morgan fingerprint density at radius 3 is 2.19 bits per heavy atom. The normalized spacial score (nSPS) is 11.8. The highest BCUT2D eigenvalue weighted by atomic mass is 19.2. The third-order valence-electron chi connectivity index (χ3n) is 3.14. The van der Waals surface area contributed by atoms with E-state index in [-0.39, 0.29) is 17.1 Å². The summed E-state index contributed by atoms with van der Waals surface area (Å²) in [5, 5.41) is 0. The molecule has 0 unspecified atom stereocenters. The second-order valence-corrected chi connectivity index (χ2v) is 5.88. The van der Waals surface area contributed by atoms with Gasteiger partial charge in [0.05, 0.1) is 5.69 Å². The number of rotatable bonds is 1. The van der Waals surface area contributed by atoms with Gasteiger partial charge in [-0.3, -0.25) is 0 Å². The SMILES string of the molecule is Cc1c(N)nc(C(C)(C)C)nc1-c1ccc(F)c(F)c1F. The molecule has 0 bridgehead atoms. The van der Waals surface area contributed by atoms with Crippen LogP contribution in [0.5, 0.6) is 0 Å². The number of anilines is 1. The number of hydrogen-bond donors (Lipinski definition) is 1. The second kappa shape index (κ2) is 5.02. The van der Waals surface area contributed by atoms with E-state index in [1.54, 1.807) is 6.92 Å². The van der Waals surface area contributed by atoms with Gasteiger partial charge in [-0.25, -0.2) is 23.1 Å². The van der Waals surface area contributed by atoms with Crippen molar-refractivity contribution in [1.29, 1.82) is 0 Å². The number of nitrogen functional groups attached to an aromatic ring is 1. The van der Waals surface area contributed by atoms with E-state index in [0.29, 0.717) is 11.4 Å². The number of nitrogens with two attached hydrogens (primary N) is 1. The van der Waals surface area contributed by atoms with Gasteiger partial charge in [-0.05, 0) is 19.1 Å². The molecule has 0 atom stereocenters. The van der Waals surface area contributed by atoms with Crippen LogP contribution < -0.4 is 5.73 Å². The number of halogens is 3. The maximum absolute atomic E-state index is 14.0. The molecule has 112 valence electrons. The zero-order valence-electron chi connectivity index (χ0n) is 12.3. The van der Waals surface area contributed by atoms with Crippen molar-refractivity contribution < 1.29 is 13.2 Å². The van der Waals surface area contributed by atoms with Crippen LogP contribution in [-0.4, -0.2) is 9.97 Å². The van der Waals surface area contributed by atoms with E-state index in [0.717, 1.165) is 12.1 Å². The molecule has 1 heterocycles. The minimum atomic E-state index is -1.53. The second-order valence-electron chi connectivity index (χ2n) is 5.88. The van der Waals surface area contributed by atoms with Gasteiger partial charge in [0.25, 0.3) is 0 Å². The molecule has 0 fully saturated rings. The van der Waals surface area contributed by atoms with Crippen LogP contribution in [0.4, 0.5) is 19.0 Å². The van der Waals surface area contributed by atoms with E-state index in [9.17, 15) is 13.2 Å². The molecule has 21 heavy (non-hydrogen) atoms. The fourth-order valence-corrected chi connectivity index (χ4v) is 1.84. The Labute approximate surface area is 121 Å². The summed E-state index contributed by atoms with van der Waals surface area (Å²) in [6.45, 7) is 7.24. The third-order valence-corrected chi connectivity index (χ3v) is 3.14. The third kappa shape index (κ3) is 2.70. The summed E-state index contributed by atoms with van der Waals surface area (Å²) in [6, 6.07) is 2.01. The molecule has 3 nitrogen and oxygen atoms in total. The standard InChI is InChI=1S/C15H16F3N3/c1-7-12(8-5-6-9(16)11(18)10(8)17)20-14(15(2,3)4)21-13(7)19/h5-6H,1-4H3,(H2,19,20,21). The molecule has 2 N–H and O–H groups in total. The minimum absolute atomic E-state index is 0.133. The Morgan fingerprint density at radius 2 is 1.62 bits per heavy atom. The highest BCUT2D eigenvalue weighted by molar-refractivity contribution is 5.68. The highest BCUT2D eigenvalue weighted by Gasteiger charge is 2.23. The monoisotopic (exact) mass is 295 g/mol. The Hall–Kier alpha value is -2.11. The molecule has 0 spiro atoms. The zero-order chi connectivity index (χ0) is 15.9. The van der Waals surface area contributed by atoms with Gasteiger partial charge in [-0.2, -0.15) is 0 Å². The van der Waals surface area contributed by atoms with Crippen LogP contribution in [0.2, 0.25) is 0 Å². The molecular formula is C15H16F3N3. The van der Waals surface area contributed by atoms with Crippen LogP contribution in [0.1, 0.15) is 32.2 Å². The Balaban J connectivity index is 2.75. The Morgan fingerprint density at radius 1 is 1.00 bits per heavy atom. The van der Waals surface area contributed by atoms with Crippen molar-refractivity contribution >= 4 is 5.82 Å². The van der Waals surface area contributed by atoms with Gasteiger partial charge in [-0.1, -0.05) is 20.8 Å². The lowest BCUT2D eigenvalue weighted by molar-refractivity contribution is 0.448. The van der Waals surface area contributed by atoms with E-state index in [4.69, 9.17) is 5.73 Å². The van der Waals surface area contributed by atoms with E-state index in [2.05, 4.69) is 9.97 Å². The molecule has 1 aromatic heterocycles. The molecule has 0 radical (unpaired) electrons. The number of aromatic nitrogens is 2. The predicted molar refractivity (Wildman–Crippen MR) is 75.2 cm³/mol. The summed E-state index contributed by atoms with van der Waals surface area (Å²) in [5.41, 5.74) is 5.88. The van der Waals surface area contributed by atoms with Crippen molar-refractivity contribution in [3.63, 3.8) is 0 Å². The van der Waals surface area contributed by atoms with Crippen molar-refractivity contribution in [2.45, 2.75) is 33.1 Å². The first-order valence-corrected chi connectivity index (χ1v) is 6.41. The summed E-state index contributed by atoms with van der Waals surface area (Å²) >= 11 is 0. The summed E-state index contributed by atoms with van der Waals surface area (Å²) in [4.78, 5) is 8.46. The molecule has 0 saturated carbocycles. The first-order chi connectivity index (χ1) is 9.62. The van der Waals surface area contributed by atoms with Gasteiger partial charge >= 0.3 is 0 Å². The molecule has 6 heteroatoms. The predicted octanol–water partition coefficient (Wildman–Crippen LogP) is 3.75. The molecule has 0 aliphatic heterocycles. The lowest BCUT2D eigenvalue weighted by Crippen LogP contribution is -2.18. The number of hydrogen-bond acceptors (Lipinski definition) is 3. The summed E-state index contributed by atoms with van der Waals surface area (Å²) in [5.74, 6) is -3.46. The van der Waals surface area contributed by atoms with Crippen LogP contribution in [0.3, 0.4) is 0 Å². The van der Waals surface area contributed by atoms with Crippen LogP contribution >= 0.6 is 0 Å². The average molecular weight is 295 g/mol. The maximum atomic E-state index is 14.0. The van der Waals surface area contributed by atoms with E-state index >= 15 is 0 Å². The Kier molecular flexibility index (Phi) is 3.65. The summed E-state index contributed by atoms with van der Waals surface area (Å²) in [6.07, 6.45) is 0. The van der Waals surface area contributed by atoms with Crippen LogP contribution in [0, 0.1) is 24.4 Å². The smallest absolute Gasteiger partial charge is 0.195 e. The first kappa shape index (κ1) is 15.3.